The number of benzene rings is 1. The van der Waals surface area contributed by atoms with E-state index >= 15 is 0 Å². The molecule has 11 heteroatoms. The summed E-state index contributed by atoms with van der Waals surface area (Å²) in [6.45, 7) is 4.52. The lowest BCUT2D eigenvalue weighted by Gasteiger charge is -2.39. The molecular weight excluding hydrogens is 494 g/mol. The molecular formula is C24H32ClN3O6S. The lowest BCUT2D eigenvalue weighted by molar-refractivity contribution is -0.139. The number of nitrogens with zero attached hydrogens (tertiary/aromatic N) is 1. The minimum atomic E-state index is -3.44. The maximum Gasteiger partial charge on any atom is 0.251 e. The van der Waals surface area contributed by atoms with Gasteiger partial charge in [-0.2, -0.15) is 0 Å². The normalized spacial score (nSPS) is 27.4. The number of alkyl halides is 1. The lowest BCUT2D eigenvalue weighted by atomic mass is 9.71. The third kappa shape index (κ3) is 5.81. The second kappa shape index (κ2) is 9.71. The zero-order valence-electron chi connectivity index (χ0n) is 20.1. The third-order valence-electron chi connectivity index (χ3n) is 7.26. The summed E-state index contributed by atoms with van der Waals surface area (Å²) in [7, 11) is -3.44. The van der Waals surface area contributed by atoms with Crippen molar-refractivity contribution < 1.29 is 27.5 Å². The average Bonchev–Trinajstić information content (AvgIpc) is 3.32. The molecule has 35 heavy (non-hydrogen) atoms. The van der Waals surface area contributed by atoms with E-state index in [4.69, 9.17) is 16.3 Å². The number of sulfonamides is 1. The van der Waals surface area contributed by atoms with Crippen LogP contribution in [0.25, 0.3) is 0 Å². The maximum atomic E-state index is 13.8. The Morgan fingerprint density at radius 2 is 1.80 bits per heavy atom. The molecule has 0 bridgehead atoms. The van der Waals surface area contributed by atoms with Gasteiger partial charge in [0.05, 0.1) is 11.6 Å². The van der Waals surface area contributed by atoms with Gasteiger partial charge in [0, 0.05) is 17.8 Å². The summed E-state index contributed by atoms with van der Waals surface area (Å²) in [5, 5.41) is 2.44. The second-order valence-corrected chi connectivity index (χ2v) is 12.9. The number of likely N-dealkylation sites (tertiary alicyclic amines) is 1. The van der Waals surface area contributed by atoms with E-state index < -0.39 is 39.5 Å². The van der Waals surface area contributed by atoms with E-state index in [1.54, 1.807) is 0 Å². The van der Waals surface area contributed by atoms with Crippen LogP contribution in [0.15, 0.2) is 24.3 Å². The van der Waals surface area contributed by atoms with Crippen LogP contribution in [0, 0.1) is 11.3 Å². The molecule has 1 aromatic rings. The van der Waals surface area contributed by atoms with Crippen molar-refractivity contribution in [2.24, 2.45) is 11.3 Å². The van der Waals surface area contributed by atoms with Crippen molar-refractivity contribution in [3.63, 3.8) is 0 Å². The molecule has 1 saturated carbocycles. The molecule has 3 aliphatic rings. The highest BCUT2D eigenvalue weighted by atomic mass is 35.5. The van der Waals surface area contributed by atoms with Gasteiger partial charge < -0.3 is 15.0 Å². The molecule has 4 atom stereocenters. The smallest absolute Gasteiger partial charge is 0.251 e. The van der Waals surface area contributed by atoms with E-state index in [1.807, 2.05) is 0 Å². The highest BCUT2D eigenvalue weighted by Crippen LogP contribution is 2.40. The summed E-state index contributed by atoms with van der Waals surface area (Å²) in [5.41, 5.74) is 0.807. The van der Waals surface area contributed by atoms with Crippen LogP contribution in [0.3, 0.4) is 0 Å². The Labute approximate surface area is 211 Å². The number of carbonyl (C=O) groups is 3. The van der Waals surface area contributed by atoms with Crippen LogP contribution in [-0.2, 0) is 24.3 Å². The summed E-state index contributed by atoms with van der Waals surface area (Å²) < 4.78 is 30.7. The van der Waals surface area contributed by atoms with Crippen molar-refractivity contribution >= 4 is 44.9 Å². The van der Waals surface area contributed by atoms with Gasteiger partial charge in [0.1, 0.15) is 24.8 Å². The van der Waals surface area contributed by atoms with Crippen LogP contribution >= 0.6 is 11.6 Å². The zero-order valence-corrected chi connectivity index (χ0v) is 21.7. The predicted molar refractivity (Wildman–Crippen MR) is 132 cm³/mol. The molecule has 4 rings (SSSR count). The molecule has 9 nitrogen and oxygen atoms in total. The molecule has 2 N–H and O–H groups in total. The molecule has 192 valence electrons. The zero-order chi connectivity index (χ0) is 25.5. The van der Waals surface area contributed by atoms with Crippen molar-refractivity contribution in [1.29, 1.82) is 0 Å². The Kier molecular flexibility index (Phi) is 7.19. The van der Waals surface area contributed by atoms with Crippen molar-refractivity contribution in [2.75, 3.05) is 24.1 Å². The van der Waals surface area contributed by atoms with Gasteiger partial charge in [0.15, 0.2) is 5.78 Å². The van der Waals surface area contributed by atoms with E-state index in [0.29, 0.717) is 11.3 Å². The number of hydrogen-bond acceptors (Lipinski definition) is 6. The summed E-state index contributed by atoms with van der Waals surface area (Å²) in [6.07, 6.45) is 3.92. The van der Waals surface area contributed by atoms with Crippen LogP contribution in [-0.4, -0.2) is 73.9 Å². The van der Waals surface area contributed by atoms with E-state index in [2.05, 4.69) is 23.9 Å². The standard InChI is InChI=1S/C24H32ClN3O6S/c1-24(2)10-8-14(9-11-24)19(23(31)28-12-17(25)21-20(28)18(29)13-34-21)26-22(30)15-4-6-16(7-5-15)27-35(3,32)33/h4-7,14,17,19-21,27H,8-13H2,1-3H3,(H,26,30)/t17-,19-,20+,21+/m0/s1. The topological polar surface area (TPSA) is 122 Å². The molecule has 1 aliphatic carbocycles. The van der Waals surface area contributed by atoms with Gasteiger partial charge in [-0.05, 0) is 61.3 Å². The Morgan fingerprint density at radius 3 is 2.40 bits per heavy atom. The van der Waals surface area contributed by atoms with Gasteiger partial charge in [0.25, 0.3) is 5.91 Å². The van der Waals surface area contributed by atoms with Crippen LogP contribution in [0.4, 0.5) is 5.69 Å². The number of hydrogen-bond donors (Lipinski definition) is 2. The quantitative estimate of drug-likeness (QED) is 0.549. The molecule has 0 aromatic heterocycles. The molecule has 2 heterocycles. The van der Waals surface area contributed by atoms with Gasteiger partial charge in [0.2, 0.25) is 15.9 Å². The molecule has 2 amide bonds. The summed E-state index contributed by atoms with van der Waals surface area (Å²) >= 11 is 6.40. The fraction of sp³-hybridized carbons (Fsp3) is 0.625. The number of rotatable bonds is 6. The number of carbonyl (C=O) groups excluding carboxylic acids is 3. The first-order valence-electron chi connectivity index (χ1n) is 11.8. The third-order valence-corrected chi connectivity index (χ3v) is 8.26. The van der Waals surface area contributed by atoms with Crippen molar-refractivity contribution in [1.82, 2.24) is 10.2 Å². The van der Waals surface area contributed by atoms with Gasteiger partial charge in [-0.15, -0.1) is 11.6 Å². The number of ketones is 1. The van der Waals surface area contributed by atoms with E-state index in [9.17, 15) is 22.8 Å². The number of Topliss-reactive ketones (excluding diaryl/α,β-unsaturated/α-hetero) is 1. The average molecular weight is 526 g/mol. The maximum absolute atomic E-state index is 13.8. The predicted octanol–water partition coefficient (Wildman–Crippen LogP) is 2.16. The summed E-state index contributed by atoms with van der Waals surface area (Å²) in [4.78, 5) is 40.9. The highest BCUT2D eigenvalue weighted by molar-refractivity contribution is 7.92. The Balaban J connectivity index is 1.55. The Bertz CT molecular complexity index is 1100. The number of fused-ring (bicyclic) bond motifs is 1. The first kappa shape index (κ1) is 25.9. The van der Waals surface area contributed by atoms with Gasteiger partial charge in [-0.3, -0.25) is 19.1 Å². The number of halogens is 1. The number of ether oxygens (including phenoxy) is 1. The van der Waals surface area contributed by atoms with Crippen molar-refractivity contribution in [3.8, 4) is 0 Å². The first-order chi connectivity index (χ1) is 16.3. The molecule has 1 aromatic carbocycles. The van der Waals surface area contributed by atoms with Crippen LogP contribution < -0.4 is 10.0 Å². The number of anilines is 1. The van der Waals surface area contributed by atoms with Crippen LogP contribution in [0.5, 0.6) is 0 Å². The van der Waals surface area contributed by atoms with Gasteiger partial charge >= 0.3 is 0 Å². The number of amides is 2. The SMILES string of the molecule is CC1(C)CCC([C@H](NC(=O)c2ccc(NS(C)(=O)=O)cc2)C(=O)N2C[C@H](Cl)[C@H]3OCC(=O)[C@H]32)CC1. The highest BCUT2D eigenvalue weighted by Gasteiger charge is 2.53. The van der Waals surface area contributed by atoms with Crippen molar-refractivity contribution in [2.45, 2.75) is 63.1 Å². The van der Waals surface area contributed by atoms with Gasteiger partial charge in [-0.1, -0.05) is 13.8 Å². The van der Waals surface area contributed by atoms with E-state index in [-0.39, 0.29) is 36.2 Å². The minimum absolute atomic E-state index is 0.0646. The molecule has 3 fully saturated rings. The van der Waals surface area contributed by atoms with E-state index in [1.165, 1.54) is 29.2 Å². The number of nitrogens with one attached hydrogen (secondary N) is 2. The fourth-order valence-corrected chi connectivity index (χ4v) is 6.19. The largest absolute Gasteiger partial charge is 0.366 e. The molecule has 2 aliphatic heterocycles. The van der Waals surface area contributed by atoms with Crippen molar-refractivity contribution in [3.05, 3.63) is 29.8 Å². The Hall–Kier alpha value is -2.17. The summed E-state index contributed by atoms with van der Waals surface area (Å²) in [5.74, 6) is -0.993. The molecule has 0 unspecified atom stereocenters. The molecule has 0 radical (unpaired) electrons. The Morgan fingerprint density at radius 1 is 1.17 bits per heavy atom. The minimum Gasteiger partial charge on any atom is -0.366 e. The monoisotopic (exact) mass is 525 g/mol. The first-order valence-corrected chi connectivity index (χ1v) is 14.1. The second-order valence-electron chi connectivity index (χ2n) is 10.6. The van der Waals surface area contributed by atoms with Crippen LogP contribution in [0.1, 0.15) is 49.9 Å². The molecule has 2 saturated heterocycles. The van der Waals surface area contributed by atoms with Crippen LogP contribution in [0.2, 0.25) is 0 Å². The molecule has 0 spiro atoms. The van der Waals surface area contributed by atoms with Gasteiger partial charge in [-0.25, -0.2) is 8.42 Å². The lowest BCUT2D eigenvalue weighted by Crippen LogP contribution is -2.55. The fourth-order valence-electron chi connectivity index (χ4n) is 5.27. The summed E-state index contributed by atoms with van der Waals surface area (Å²) in [6, 6.07) is 4.47. The van der Waals surface area contributed by atoms with E-state index in [0.717, 1.165) is 31.9 Å².